The summed E-state index contributed by atoms with van der Waals surface area (Å²) in [7, 11) is 0. The second kappa shape index (κ2) is 9.28. The molecule has 0 saturated heterocycles. The van der Waals surface area contributed by atoms with Crippen LogP contribution in [0.4, 0.5) is 0 Å². The molecule has 0 aliphatic carbocycles. The lowest BCUT2D eigenvalue weighted by atomic mass is 10.2. The molecule has 1 atom stereocenters. The van der Waals surface area contributed by atoms with Crippen molar-refractivity contribution in [3.8, 4) is 0 Å². The maximum atomic E-state index is 9.62. The van der Waals surface area contributed by atoms with Crippen molar-refractivity contribution >= 4 is 11.8 Å². The summed E-state index contributed by atoms with van der Waals surface area (Å²) in [5.41, 5.74) is 0. The van der Waals surface area contributed by atoms with Crippen LogP contribution in [0.1, 0.15) is 33.6 Å². The van der Waals surface area contributed by atoms with E-state index in [9.17, 15) is 5.11 Å². The van der Waals surface area contributed by atoms with Crippen LogP contribution in [-0.2, 0) is 4.74 Å². The molecule has 0 rings (SSSR count). The molecular formula is C12H27NO2S. The monoisotopic (exact) mass is 249 g/mol. The minimum Gasteiger partial charge on any atom is -0.389 e. The van der Waals surface area contributed by atoms with Gasteiger partial charge in [0.2, 0.25) is 0 Å². The number of nitrogens with one attached hydrogen (secondary N) is 1. The van der Waals surface area contributed by atoms with Gasteiger partial charge in [-0.25, -0.2) is 0 Å². The lowest BCUT2D eigenvalue weighted by Gasteiger charge is -2.23. The first-order valence-electron chi connectivity index (χ1n) is 6.03. The number of aliphatic hydroxyl groups excluding tert-OH is 1. The third-order valence-corrected chi connectivity index (χ3v) is 3.69. The fourth-order valence-electron chi connectivity index (χ4n) is 1.14. The summed E-state index contributed by atoms with van der Waals surface area (Å²) in [5.74, 6) is 0. The van der Waals surface area contributed by atoms with Gasteiger partial charge in [-0.15, -0.1) is 0 Å². The highest BCUT2D eigenvalue weighted by Crippen LogP contribution is 2.19. The molecule has 0 radical (unpaired) electrons. The highest BCUT2D eigenvalue weighted by molar-refractivity contribution is 7.99. The molecule has 0 aromatic rings. The standard InChI is InChI=1S/C12H27NO2S/c1-5-6-7-15-9-11(14)8-13-10-12(2,3)16-4/h11,13-14H,5-10H2,1-4H3. The Bertz CT molecular complexity index is 165. The molecular weight excluding hydrogens is 222 g/mol. The van der Waals surface area contributed by atoms with Crippen LogP contribution < -0.4 is 5.32 Å². The maximum Gasteiger partial charge on any atom is 0.0897 e. The van der Waals surface area contributed by atoms with Crippen molar-refractivity contribution in [1.29, 1.82) is 0 Å². The van der Waals surface area contributed by atoms with Crippen molar-refractivity contribution in [2.24, 2.45) is 0 Å². The van der Waals surface area contributed by atoms with Crippen LogP contribution >= 0.6 is 11.8 Å². The lowest BCUT2D eigenvalue weighted by molar-refractivity contribution is 0.0358. The van der Waals surface area contributed by atoms with E-state index in [1.54, 1.807) is 0 Å². The first-order chi connectivity index (χ1) is 7.52. The van der Waals surface area contributed by atoms with Gasteiger partial charge in [0, 0.05) is 24.4 Å². The number of hydrogen-bond acceptors (Lipinski definition) is 4. The first kappa shape index (κ1) is 16.2. The van der Waals surface area contributed by atoms with E-state index >= 15 is 0 Å². The molecule has 0 bridgehead atoms. The van der Waals surface area contributed by atoms with E-state index in [4.69, 9.17) is 4.74 Å². The number of ether oxygens (including phenoxy) is 1. The second-order valence-electron chi connectivity index (χ2n) is 4.68. The number of hydrogen-bond donors (Lipinski definition) is 2. The zero-order chi connectivity index (χ0) is 12.4. The van der Waals surface area contributed by atoms with Gasteiger partial charge in [0.05, 0.1) is 12.7 Å². The third-order valence-electron chi connectivity index (χ3n) is 2.44. The quantitative estimate of drug-likeness (QED) is 0.580. The zero-order valence-electron chi connectivity index (χ0n) is 11.1. The lowest BCUT2D eigenvalue weighted by Crippen LogP contribution is -2.38. The minimum atomic E-state index is -0.394. The van der Waals surface area contributed by atoms with Crippen molar-refractivity contribution in [2.75, 3.05) is 32.6 Å². The fraction of sp³-hybridized carbons (Fsp3) is 1.00. The Balaban J connectivity index is 3.40. The van der Waals surface area contributed by atoms with Crippen LogP contribution in [0.5, 0.6) is 0 Å². The molecule has 98 valence electrons. The molecule has 0 aromatic carbocycles. The molecule has 0 aliphatic heterocycles. The number of rotatable bonds is 10. The van der Waals surface area contributed by atoms with E-state index < -0.39 is 6.10 Å². The zero-order valence-corrected chi connectivity index (χ0v) is 11.9. The Kier molecular flexibility index (Phi) is 9.41. The molecule has 16 heavy (non-hydrogen) atoms. The summed E-state index contributed by atoms with van der Waals surface area (Å²) in [6.45, 7) is 9.21. The molecule has 0 amide bonds. The normalized spacial score (nSPS) is 14.1. The molecule has 4 heteroatoms. The largest absolute Gasteiger partial charge is 0.389 e. The summed E-state index contributed by atoms with van der Waals surface area (Å²) >= 11 is 1.83. The molecule has 1 unspecified atom stereocenters. The predicted molar refractivity (Wildman–Crippen MR) is 72.2 cm³/mol. The molecule has 2 N–H and O–H groups in total. The summed E-state index contributed by atoms with van der Waals surface area (Å²) < 4.78 is 5.57. The fourth-order valence-corrected chi connectivity index (χ4v) is 1.38. The van der Waals surface area contributed by atoms with E-state index in [1.807, 2.05) is 11.8 Å². The van der Waals surface area contributed by atoms with Crippen LogP contribution in [0.15, 0.2) is 0 Å². The third kappa shape index (κ3) is 9.46. The summed E-state index contributed by atoms with van der Waals surface area (Å²) in [6, 6.07) is 0. The van der Waals surface area contributed by atoms with Gasteiger partial charge in [-0.05, 0) is 26.5 Å². The Hall–Kier alpha value is 0.230. The Morgan fingerprint density at radius 2 is 2.12 bits per heavy atom. The van der Waals surface area contributed by atoms with Gasteiger partial charge in [-0.3, -0.25) is 0 Å². The van der Waals surface area contributed by atoms with Crippen molar-refractivity contribution in [1.82, 2.24) is 5.32 Å². The second-order valence-corrected chi connectivity index (χ2v) is 6.19. The first-order valence-corrected chi connectivity index (χ1v) is 7.26. The van der Waals surface area contributed by atoms with Crippen molar-refractivity contribution in [2.45, 2.75) is 44.5 Å². The highest BCUT2D eigenvalue weighted by atomic mass is 32.2. The van der Waals surface area contributed by atoms with Gasteiger partial charge >= 0.3 is 0 Å². The van der Waals surface area contributed by atoms with Crippen LogP contribution in [0.25, 0.3) is 0 Å². The summed E-state index contributed by atoms with van der Waals surface area (Å²) in [5, 5.41) is 12.9. The molecule has 0 spiro atoms. The topological polar surface area (TPSA) is 41.5 Å². The van der Waals surface area contributed by atoms with Crippen molar-refractivity contribution in [3.05, 3.63) is 0 Å². The van der Waals surface area contributed by atoms with Gasteiger partial charge in [0.15, 0.2) is 0 Å². The smallest absolute Gasteiger partial charge is 0.0897 e. The molecule has 0 aromatic heterocycles. The molecule has 0 saturated carbocycles. The van der Waals surface area contributed by atoms with Gasteiger partial charge in [0.25, 0.3) is 0 Å². The van der Waals surface area contributed by atoms with Crippen LogP contribution in [-0.4, -0.2) is 48.5 Å². The van der Waals surface area contributed by atoms with Crippen LogP contribution in [0.2, 0.25) is 0 Å². The Morgan fingerprint density at radius 1 is 1.44 bits per heavy atom. The van der Waals surface area contributed by atoms with Crippen LogP contribution in [0.3, 0.4) is 0 Å². The number of aliphatic hydroxyl groups is 1. The number of thioether (sulfide) groups is 1. The van der Waals surface area contributed by atoms with Gasteiger partial charge in [-0.2, -0.15) is 11.8 Å². The summed E-state index contributed by atoms with van der Waals surface area (Å²) in [6.07, 6.45) is 3.91. The van der Waals surface area contributed by atoms with E-state index in [-0.39, 0.29) is 4.75 Å². The average Bonchev–Trinajstić information content (AvgIpc) is 2.24. The van der Waals surface area contributed by atoms with Crippen LogP contribution in [0, 0.1) is 0 Å². The Morgan fingerprint density at radius 3 is 2.69 bits per heavy atom. The van der Waals surface area contributed by atoms with Gasteiger partial charge in [-0.1, -0.05) is 13.3 Å². The van der Waals surface area contributed by atoms with Crippen molar-refractivity contribution < 1.29 is 9.84 Å². The predicted octanol–water partition coefficient (Wildman–Crippen LogP) is 1.90. The molecule has 0 heterocycles. The van der Waals surface area contributed by atoms with E-state index in [0.717, 1.165) is 26.0 Å². The van der Waals surface area contributed by atoms with Gasteiger partial charge in [0.1, 0.15) is 0 Å². The van der Waals surface area contributed by atoms with E-state index in [0.29, 0.717) is 13.2 Å². The summed E-state index contributed by atoms with van der Waals surface area (Å²) in [4.78, 5) is 0. The molecule has 0 fully saturated rings. The molecule has 3 nitrogen and oxygen atoms in total. The average molecular weight is 249 g/mol. The number of unbranched alkanes of at least 4 members (excludes halogenated alkanes) is 1. The Labute approximate surface area is 104 Å². The SMILES string of the molecule is CCCCOCC(O)CNCC(C)(C)SC. The van der Waals surface area contributed by atoms with E-state index in [1.165, 1.54) is 0 Å². The van der Waals surface area contributed by atoms with Gasteiger partial charge < -0.3 is 15.2 Å². The molecule has 0 aliphatic rings. The maximum absolute atomic E-state index is 9.62. The highest BCUT2D eigenvalue weighted by Gasteiger charge is 2.15. The van der Waals surface area contributed by atoms with Crippen molar-refractivity contribution in [3.63, 3.8) is 0 Å². The van der Waals surface area contributed by atoms with E-state index in [2.05, 4.69) is 32.3 Å². The minimum absolute atomic E-state index is 0.225.